The number of fused-ring (bicyclic) bond motifs is 1. The molecule has 1 fully saturated rings. The van der Waals surface area contributed by atoms with Gasteiger partial charge in [-0.1, -0.05) is 36.4 Å². The van der Waals surface area contributed by atoms with Gasteiger partial charge in [0.15, 0.2) is 0 Å². The first-order chi connectivity index (χ1) is 15.9. The predicted octanol–water partition coefficient (Wildman–Crippen LogP) is 4.71. The van der Waals surface area contributed by atoms with E-state index >= 15 is 0 Å². The highest BCUT2D eigenvalue weighted by Crippen LogP contribution is 2.48. The largest absolute Gasteiger partial charge is 0.481 e. The van der Waals surface area contributed by atoms with Crippen LogP contribution in [0.5, 0.6) is 0 Å². The number of amides is 1. The van der Waals surface area contributed by atoms with Gasteiger partial charge >= 0.3 is 5.97 Å². The third-order valence-corrected chi connectivity index (χ3v) is 7.34. The molecule has 0 aromatic heterocycles. The van der Waals surface area contributed by atoms with E-state index in [4.69, 9.17) is 0 Å². The molecule has 1 amide bonds. The van der Waals surface area contributed by atoms with Crippen molar-refractivity contribution in [3.63, 3.8) is 0 Å². The van der Waals surface area contributed by atoms with Crippen LogP contribution in [-0.4, -0.2) is 34.5 Å². The molecule has 33 heavy (non-hydrogen) atoms. The second kappa shape index (κ2) is 8.75. The van der Waals surface area contributed by atoms with E-state index < -0.39 is 23.2 Å². The van der Waals surface area contributed by atoms with Crippen molar-refractivity contribution in [1.29, 1.82) is 0 Å². The highest BCUT2D eigenvalue weighted by atomic mass is 19.1. The third-order valence-electron chi connectivity index (χ3n) is 7.34. The van der Waals surface area contributed by atoms with Gasteiger partial charge in [0, 0.05) is 13.1 Å². The van der Waals surface area contributed by atoms with Crippen LogP contribution < -0.4 is 5.32 Å². The Bertz CT molecular complexity index is 1120. The van der Waals surface area contributed by atoms with Crippen molar-refractivity contribution >= 4 is 17.6 Å². The lowest BCUT2D eigenvalue weighted by Gasteiger charge is -2.35. The van der Waals surface area contributed by atoms with Gasteiger partial charge in [-0.2, -0.15) is 0 Å². The number of carbonyl (C=O) groups is 2. The van der Waals surface area contributed by atoms with Crippen molar-refractivity contribution in [3.8, 4) is 0 Å². The molecule has 6 heteroatoms. The summed E-state index contributed by atoms with van der Waals surface area (Å²) in [5, 5.41) is 12.3. The fraction of sp³-hybridized carbons (Fsp3) is 0.407. The molecule has 0 bridgehead atoms. The molecule has 2 aliphatic carbocycles. The molecule has 2 N–H and O–H groups in total. The van der Waals surface area contributed by atoms with Crippen LogP contribution in [0.2, 0.25) is 0 Å². The molecule has 1 unspecified atom stereocenters. The van der Waals surface area contributed by atoms with Crippen LogP contribution in [0.3, 0.4) is 0 Å². The summed E-state index contributed by atoms with van der Waals surface area (Å²) in [4.78, 5) is 27.3. The summed E-state index contributed by atoms with van der Waals surface area (Å²) in [5.74, 6) is -1.54. The monoisotopic (exact) mass is 448 g/mol. The molecule has 1 atom stereocenters. The maximum atomic E-state index is 14.7. The quantitative estimate of drug-likeness (QED) is 0.602. The molecule has 2 aromatic carbocycles. The van der Waals surface area contributed by atoms with Gasteiger partial charge in [-0.05, 0) is 79.3 Å². The third kappa shape index (κ3) is 4.44. The van der Waals surface area contributed by atoms with Crippen LogP contribution in [0.4, 0.5) is 10.1 Å². The van der Waals surface area contributed by atoms with Gasteiger partial charge < -0.3 is 10.4 Å². The van der Waals surface area contributed by atoms with Gasteiger partial charge in [-0.25, -0.2) is 4.39 Å². The van der Waals surface area contributed by atoms with Crippen LogP contribution in [0.15, 0.2) is 54.1 Å². The van der Waals surface area contributed by atoms with Crippen molar-refractivity contribution < 1.29 is 19.1 Å². The Kier molecular flexibility index (Phi) is 5.79. The molecule has 1 saturated carbocycles. The van der Waals surface area contributed by atoms with E-state index in [1.165, 1.54) is 17.2 Å². The molecule has 1 heterocycles. The van der Waals surface area contributed by atoms with Crippen molar-refractivity contribution in [2.45, 2.75) is 57.5 Å². The smallest absolute Gasteiger partial charge is 0.309 e. The molecule has 172 valence electrons. The minimum Gasteiger partial charge on any atom is -0.481 e. The van der Waals surface area contributed by atoms with Gasteiger partial charge in [0.25, 0.3) is 0 Å². The Balaban J connectivity index is 1.37. The van der Waals surface area contributed by atoms with E-state index in [1.807, 2.05) is 12.1 Å². The SMILES string of the molecule is O=C(Nc1cc(CC2(C(=O)O)CC2)ccc1F)C(C1=CCCC1)N1CCc2ccccc2C1. The van der Waals surface area contributed by atoms with Crippen molar-refractivity contribution in [3.05, 3.63) is 76.6 Å². The molecule has 0 radical (unpaired) electrons. The number of hydrogen-bond donors (Lipinski definition) is 2. The molecule has 0 spiro atoms. The molecule has 0 saturated heterocycles. The second-order valence-electron chi connectivity index (χ2n) is 9.63. The van der Waals surface area contributed by atoms with Crippen molar-refractivity contribution in [1.82, 2.24) is 4.90 Å². The number of carboxylic acid groups (broad SMARTS) is 1. The first-order valence-corrected chi connectivity index (χ1v) is 11.8. The maximum absolute atomic E-state index is 14.7. The first kappa shape index (κ1) is 21.8. The highest BCUT2D eigenvalue weighted by Gasteiger charge is 2.50. The Morgan fingerprint density at radius 1 is 1.12 bits per heavy atom. The summed E-state index contributed by atoms with van der Waals surface area (Å²) in [6, 6.07) is 12.4. The Morgan fingerprint density at radius 2 is 1.91 bits per heavy atom. The number of aliphatic carboxylic acids is 1. The minimum atomic E-state index is -0.809. The molecule has 1 aliphatic heterocycles. The van der Waals surface area contributed by atoms with Crippen LogP contribution in [0, 0.1) is 11.2 Å². The van der Waals surface area contributed by atoms with E-state index in [9.17, 15) is 19.1 Å². The fourth-order valence-electron chi connectivity index (χ4n) is 5.24. The van der Waals surface area contributed by atoms with Crippen LogP contribution in [0.25, 0.3) is 0 Å². The number of carboxylic acids is 1. The number of nitrogens with one attached hydrogen (secondary N) is 1. The second-order valence-corrected chi connectivity index (χ2v) is 9.63. The summed E-state index contributed by atoms with van der Waals surface area (Å²) in [6.45, 7) is 1.46. The topological polar surface area (TPSA) is 69.6 Å². The summed E-state index contributed by atoms with van der Waals surface area (Å²) in [6.07, 6.45) is 7.52. The zero-order valence-corrected chi connectivity index (χ0v) is 18.6. The zero-order valence-electron chi connectivity index (χ0n) is 18.6. The Hall–Kier alpha value is -2.99. The fourth-order valence-corrected chi connectivity index (χ4v) is 5.24. The van der Waals surface area contributed by atoms with Gasteiger partial charge in [0.1, 0.15) is 11.9 Å². The standard InChI is InChI=1S/C27H29FN2O3/c28-22-10-9-18(16-27(12-13-27)26(32)33)15-23(22)29-25(31)24(20-6-2-3-7-20)30-14-11-19-5-1-4-8-21(19)17-30/h1,4-6,8-10,15,24H,2-3,7,11-14,16-17H2,(H,29,31)(H,32,33). The number of benzene rings is 2. The average Bonchev–Trinajstić information content (AvgIpc) is 3.40. The summed E-state index contributed by atoms with van der Waals surface area (Å²) >= 11 is 0. The maximum Gasteiger partial charge on any atom is 0.309 e. The number of carbonyl (C=O) groups excluding carboxylic acids is 1. The van der Waals surface area contributed by atoms with Crippen LogP contribution >= 0.6 is 0 Å². The van der Waals surface area contributed by atoms with Crippen molar-refractivity contribution in [2.75, 3.05) is 11.9 Å². The number of nitrogens with zero attached hydrogens (tertiary/aromatic N) is 1. The minimum absolute atomic E-state index is 0.125. The number of rotatable bonds is 7. The highest BCUT2D eigenvalue weighted by molar-refractivity contribution is 5.97. The van der Waals surface area contributed by atoms with E-state index in [1.54, 1.807) is 12.1 Å². The molecule has 5 nitrogen and oxygen atoms in total. The average molecular weight is 449 g/mol. The lowest BCUT2D eigenvalue weighted by molar-refractivity contribution is -0.143. The lowest BCUT2D eigenvalue weighted by atomic mass is 9.95. The number of halogens is 1. The Morgan fingerprint density at radius 3 is 2.61 bits per heavy atom. The van der Waals surface area contributed by atoms with Crippen LogP contribution in [0.1, 0.15) is 48.8 Å². The number of anilines is 1. The number of allylic oxidation sites excluding steroid dienone is 1. The van der Waals surface area contributed by atoms with Gasteiger partial charge in [-0.3, -0.25) is 14.5 Å². The number of hydrogen-bond acceptors (Lipinski definition) is 3. The predicted molar refractivity (Wildman–Crippen MR) is 124 cm³/mol. The summed E-state index contributed by atoms with van der Waals surface area (Å²) in [5.41, 5.74) is 3.77. The van der Waals surface area contributed by atoms with E-state index in [0.29, 0.717) is 25.8 Å². The summed E-state index contributed by atoms with van der Waals surface area (Å²) in [7, 11) is 0. The van der Waals surface area contributed by atoms with Crippen LogP contribution in [-0.2, 0) is 29.0 Å². The van der Waals surface area contributed by atoms with Gasteiger partial charge in [-0.15, -0.1) is 0 Å². The van der Waals surface area contributed by atoms with E-state index in [-0.39, 0.29) is 11.6 Å². The molecule has 5 rings (SSSR count). The molecule has 3 aliphatic rings. The van der Waals surface area contributed by atoms with E-state index in [2.05, 4.69) is 28.4 Å². The van der Waals surface area contributed by atoms with E-state index in [0.717, 1.165) is 43.4 Å². The first-order valence-electron chi connectivity index (χ1n) is 11.8. The molecular weight excluding hydrogens is 419 g/mol. The normalized spacial score (nSPS) is 20.0. The lowest BCUT2D eigenvalue weighted by Crippen LogP contribution is -2.47. The summed E-state index contributed by atoms with van der Waals surface area (Å²) < 4.78 is 14.7. The van der Waals surface area contributed by atoms with Crippen molar-refractivity contribution in [2.24, 2.45) is 5.41 Å². The molecule has 2 aromatic rings. The Labute approximate surface area is 193 Å². The van der Waals surface area contributed by atoms with Gasteiger partial charge in [0.2, 0.25) is 5.91 Å². The van der Waals surface area contributed by atoms with Gasteiger partial charge in [0.05, 0.1) is 11.1 Å². The zero-order chi connectivity index (χ0) is 23.0. The molecular formula is C27H29FN2O3.